The van der Waals surface area contributed by atoms with Gasteiger partial charge in [-0.3, -0.25) is 4.79 Å². The quantitative estimate of drug-likeness (QED) is 0.182. The van der Waals surface area contributed by atoms with Gasteiger partial charge in [0.25, 0.3) is 0 Å². The van der Waals surface area contributed by atoms with Crippen molar-refractivity contribution in [3.63, 3.8) is 0 Å². The van der Waals surface area contributed by atoms with Crippen molar-refractivity contribution in [1.82, 2.24) is 14.8 Å². The van der Waals surface area contributed by atoms with Crippen molar-refractivity contribution < 1.29 is 19.1 Å². The van der Waals surface area contributed by atoms with E-state index < -0.39 is 0 Å². The maximum atomic E-state index is 12.9. The Labute approximate surface area is 230 Å². The molecule has 8 nitrogen and oxygen atoms in total. The molecule has 0 fully saturated rings. The Kier molecular flexibility index (Phi) is 9.50. The fraction of sp³-hybridized carbons (Fsp3) is 0.462. The lowest BCUT2D eigenvalue weighted by Crippen LogP contribution is -2.17. The molecule has 1 amide bonds. The van der Waals surface area contributed by atoms with E-state index in [0.717, 1.165) is 49.0 Å². The van der Waals surface area contributed by atoms with Gasteiger partial charge in [0.05, 0.1) is 17.9 Å². The van der Waals surface area contributed by atoms with Crippen LogP contribution in [0.25, 0.3) is 0 Å². The molecule has 2 heterocycles. The Balaban J connectivity index is 1.41. The summed E-state index contributed by atoms with van der Waals surface area (Å²) in [6.07, 6.45) is 5.04. The smallest absolute Gasteiger partial charge is 0.341 e. The molecule has 198 valence electrons. The van der Waals surface area contributed by atoms with Crippen molar-refractivity contribution in [3.05, 3.63) is 50.6 Å². The van der Waals surface area contributed by atoms with Crippen molar-refractivity contribution in [2.24, 2.45) is 0 Å². The monoisotopic (exact) mass is 562 g/mol. The zero-order chi connectivity index (χ0) is 26.4. The van der Waals surface area contributed by atoms with Gasteiger partial charge in [-0.25, -0.2) is 4.79 Å². The van der Waals surface area contributed by atoms with Crippen LogP contribution in [-0.2, 0) is 35.5 Å². The van der Waals surface area contributed by atoms with Crippen molar-refractivity contribution in [2.75, 3.05) is 17.7 Å². The number of hydrogen-bond donors (Lipinski definition) is 1. The minimum atomic E-state index is -0.365. The predicted molar refractivity (Wildman–Crippen MR) is 147 cm³/mol. The van der Waals surface area contributed by atoms with Gasteiger partial charge in [-0.05, 0) is 75.8 Å². The van der Waals surface area contributed by atoms with Crippen molar-refractivity contribution in [3.8, 4) is 5.75 Å². The number of ether oxygens (including phenoxy) is 2. The third-order valence-corrected chi connectivity index (χ3v) is 8.50. The molecule has 0 saturated carbocycles. The lowest BCUT2D eigenvalue weighted by Gasteiger charge is -2.11. The number of rotatable bonds is 10. The second kappa shape index (κ2) is 12.8. The molecule has 0 unspecified atom stereocenters. The summed E-state index contributed by atoms with van der Waals surface area (Å²) in [7, 11) is 0. The number of aromatic nitrogens is 3. The number of hydrogen-bond acceptors (Lipinski definition) is 8. The van der Waals surface area contributed by atoms with Crippen LogP contribution in [0.1, 0.15) is 65.3 Å². The predicted octanol–water partition coefficient (Wildman–Crippen LogP) is 6.08. The van der Waals surface area contributed by atoms with Crippen LogP contribution in [0, 0.1) is 6.92 Å². The molecule has 1 aromatic carbocycles. The highest BCUT2D eigenvalue weighted by molar-refractivity contribution is 7.99. The first-order chi connectivity index (χ1) is 17.9. The highest BCUT2D eigenvalue weighted by atomic mass is 35.5. The van der Waals surface area contributed by atoms with E-state index in [2.05, 4.69) is 15.5 Å². The van der Waals surface area contributed by atoms with Gasteiger partial charge in [0.1, 0.15) is 17.4 Å². The van der Waals surface area contributed by atoms with E-state index in [9.17, 15) is 9.59 Å². The molecule has 0 saturated heterocycles. The maximum Gasteiger partial charge on any atom is 0.341 e. The summed E-state index contributed by atoms with van der Waals surface area (Å²) < 4.78 is 13.2. The Morgan fingerprint density at radius 2 is 2.00 bits per heavy atom. The van der Waals surface area contributed by atoms with E-state index in [1.54, 1.807) is 13.0 Å². The number of amides is 1. The van der Waals surface area contributed by atoms with E-state index >= 15 is 0 Å². The molecule has 0 atom stereocenters. The first kappa shape index (κ1) is 27.5. The van der Waals surface area contributed by atoms with E-state index in [1.807, 2.05) is 30.5 Å². The van der Waals surface area contributed by atoms with Gasteiger partial charge in [-0.1, -0.05) is 29.8 Å². The molecule has 1 aliphatic rings. The molecule has 11 heteroatoms. The third kappa shape index (κ3) is 6.66. The van der Waals surface area contributed by atoms with E-state index in [1.165, 1.54) is 28.0 Å². The molecule has 0 aliphatic heterocycles. The summed E-state index contributed by atoms with van der Waals surface area (Å²) in [6, 6.07) is 5.46. The van der Waals surface area contributed by atoms with Crippen LogP contribution in [0.5, 0.6) is 5.75 Å². The van der Waals surface area contributed by atoms with Gasteiger partial charge >= 0.3 is 5.97 Å². The fourth-order valence-corrected chi connectivity index (χ4v) is 6.65. The molecule has 4 rings (SSSR count). The second-order valence-corrected chi connectivity index (χ2v) is 11.2. The van der Waals surface area contributed by atoms with Gasteiger partial charge in [-0.2, -0.15) is 0 Å². The topological polar surface area (TPSA) is 95.3 Å². The number of esters is 1. The molecular formula is C26H31ClN4O4S2. The number of aryl methyl sites for hydroxylation is 2. The maximum absolute atomic E-state index is 12.9. The Bertz CT molecular complexity index is 1270. The average Bonchev–Trinajstić information content (AvgIpc) is 3.34. The van der Waals surface area contributed by atoms with Crippen LogP contribution in [-0.4, -0.2) is 39.0 Å². The Hall–Kier alpha value is -2.56. The van der Waals surface area contributed by atoms with Crippen LogP contribution in [0.3, 0.4) is 0 Å². The number of thioether (sulfide) groups is 1. The summed E-state index contributed by atoms with van der Waals surface area (Å²) in [6.45, 7) is 6.90. The van der Waals surface area contributed by atoms with E-state index in [0.29, 0.717) is 39.7 Å². The Morgan fingerprint density at radius 1 is 1.19 bits per heavy atom. The molecule has 0 spiro atoms. The summed E-state index contributed by atoms with van der Waals surface area (Å²) in [5, 5.41) is 13.4. The normalized spacial score (nSPS) is 13.1. The molecule has 2 aromatic heterocycles. The van der Waals surface area contributed by atoms with Gasteiger partial charge < -0.3 is 19.4 Å². The minimum absolute atomic E-state index is 0.139. The average molecular weight is 563 g/mol. The molecular weight excluding hydrogens is 532 g/mol. The molecule has 1 N–H and O–H groups in total. The Morgan fingerprint density at radius 3 is 2.76 bits per heavy atom. The SMILES string of the molecule is CCOC(=O)c1c(NC(=O)CSc2nnc(COc3ccc(Cl)cc3C)n2CC)sc2c1CCCCC2. The summed E-state index contributed by atoms with van der Waals surface area (Å²) in [4.78, 5) is 26.8. The summed E-state index contributed by atoms with van der Waals surface area (Å²) in [5.41, 5.74) is 2.50. The second-order valence-electron chi connectivity index (χ2n) is 8.67. The van der Waals surface area contributed by atoms with E-state index in [-0.39, 0.29) is 24.2 Å². The first-order valence-electron chi connectivity index (χ1n) is 12.5. The van der Waals surface area contributed by atoms with Crippen molar-refractivity contribution in [2.45, 2.75) is 71.2 Å². The molecule has 37 heavy (non-hydrogen) atoms. The van der Waals surface area contributed by atoms with Gasteiger partial charge in [-0.15, -0.1) is 21.5 Å². The lowest BCUT2D eigenvalue weighted by molar-refractivity contribution is -0.113. The number of nitrogens with one attached hydrogen (secondary N) is 1. The van der Waals surface area contributed by atoms with Gasteiger partial charge in [0.15, 0.2) is 11.0 Å². The highest BCUT2D eigenvalue weighted by Gasteiger charge is 2.27. The number of carbonyl (C=O) groups is 2. The fourth-order valence-electron chi connectivity index (χ4n) is 4.31. The number of halogens is 1. The number of benzene rings is 1. The highest BCUT2D eigenvalue weighted by Crippen LogP contribution is 2.38. The molecule has 0 radical (unpaired) electrons. The van der Waals surface area contributed by atoms with Crippen LogP contribution in [0.4, 0.5) is 5.00 Å². The van der Waals surface area contributed by atoms with Gasteiger partial charge in [0, 0.05) is 16.4 Å². The van der Waals surface area contributed by atoms with Crippen LogP contribution in [0.2, 0.25) is 5.02 Å². The molecule has 0 bridgehead atoms. The summed E-state index contributed by atoms with van der Waals surface area (Å²) >= 11 is 8.83. The minimum Gasteiger partial charge on any atom is -0.485 e. The largest absolute Gasteiger partial charge is 0.485 e. The van der Waals surface area contributed by atoms with Crippen LogP contribution in [0.15, 0.2) is 23.4 Å². The molecule has 1 aliphatic carbocycles. The number of carbonyl (C=O) groups excluding carboxylic acids is 2. The molecule has 3 aromatic rings. The van der Waals surface area contributed by atoms with Crippen molar-refractivity contribution >= 4 is 51.6 Å². The van der Waals surface area contributed by atoms with Gasteiger partial charge in [0.2, 0.25) is 5.91 Å². The number of fused-ring (bicyclic) bond motifs is 1. The number of thiophene rings is 1. The van der Waals surface area contributed by atoms with Crippen LogP contribution >= 0.6 is 34.7 Å². The zero-order valence-corrected chi connectivity index (χ0v) is 23.7. The van der Waals surface area contributed by atoms with E-state index in [4.69, 9.17) is 21.1 Å². The lowest BCUT2D eigenvalue weighted by atomic mass is 10.1. The number of anilines is 1. The first-order valence-corrected chi connectivity index (χ1v) is 14.6. The standard InChI is InChI=1S/C26H31ClN4O4S2/c1-4-31-21(14-35-19-12-11-17(27)13-16(19)3)29-30-26(31)36-15-22(32)28-24-23(25(33)34-5-2)18-9-7-6-8-10-20(18)37-24/h11-13H,4-10,14-15H2,1-3H3,(H,28,32). The zero-order valence-electron chi connectivity index (χ0n) is 21.3. The number of nitrogens with zero attached hydrogens (tertiary/aromatic N) is 3. The third-order valence-electron chi connectivity index (χ3n) is 6.09. The van der Waals surface area contributed by atoms with Crippen LogP contribution < -0.4 is 10.1 Å². The van der Waals surface area contributed by atoms with Crippen molar-refractivity contribution in [1.29, 1.82) is 0 Å². The summed E-state index contributed by atoms with van der Waals surface area (Å²) in [5.74, 6) is 0.977.